The Kier molecular flexibility index (Phi) is 5.06. The van der Waals surface area contributed by atoms with E-state index in [1.165, 1.54) is 25.1 Å². The first-order chi connectivity index (χ1) is 14.7. The van der Waals surface area contributed by atoms with Crippen molar-refractivity contribution in [1.82, 2.24) is 0 Å². The van der Waals surface area contributed by atoms with Gasteiger partial charge in [-0.1, -0.05) is 42.5 Å². The molecule has 3 aromatic rings. The molecule has 0 bridgehead atoms. The van der Waals surface area contributed by atoms with E-state index in [1.807, 2.05) is 0 Å². The van der Waals surface area contributed by atoms with E-state index in [0.29, 0.717) is 16.9 Å². The molecule has 8 heteroatoms. The highest BCUT2D eigenvalue weighted by Crippen LogP contribution is 2.33. The van der Waals surface area contributed by atoms with Crippen LogP contribution in [0.1, 0.15) is 23.0 Å². The highest BCUT2D eigenvalue weighted by atomic mass is 19.4. The van der Waals surface area contributed by atoms with Crippen molar-refractivity contribution >= 4 is 29.2 Å². The van der Waals surface area contributed by atoms with Gasteiger partial charge in [0.1, 0.15) is 11.5 Å². The number of halogens is 3. The van der Waals surface area contributed by atoms with Gasteiger partial charge in [-0.25, -0.2) is 0 Å². The van der Waals surface area contributed by atoms with Crippen molar-refractivity contribution in [2.24, 2.45) is 5.10 Å². The van der Waals surface area contributed by atoms with Gasteiger partial charge in [-0.3, -0.25) is 9.59 Å². The van der Waals surface area contributed by atoms with Crippen molar-refractivity contribution in [2.75, 3.05) is 5.01 Å². The van der Waals surface area contributed by atoms with Gasteiger partial charge in [0, 0.05) is 11.1 Å². The number of hydrogen-bond donors (Lipinski definition) is 0. The van der Waals surface area contributed by atoms with E-state index in [4.69, 9.17) is 4.42 Å². The number of hydrogen-bond acceptors (Lipinski definition) is 4. The molecule has 0 aliphatic carbocycles. The Balaban J connectivity index is 1.68. The summed E-state index contributed by atoms with van der Waals surface area (Å²) in [4.78, 5) is 24.1. The molecule has 1 aromatic heterocycles. The van der Waals surface area contributed by atoms with Gasteiger partial charge in [-0.15, -0.1) is 0 Å². The first-order valence-electron chi connectivity index (χ1n) is 9.22. The van der Waals surface area contributed by atoms with Crippen LogP contribution >= 0.6 is 0 Å². The number of Topliss-reactive ketones (excluding diaryl/α,β-unsaturated/α-hetero) is 1. The zero-order valence-electron chi connectivity index (χ0n) is 16.2. The third kappa shape index (κ3) is 4.05. The number of ketones is 1. The smallest absolute Gasteiger partial charge is 0.435 e. The lowest BCUT2D eigenvalue weighted by Gasteiger charge is -2.10. The van der Waals surface area contributed by atoms with Crippen LogP contribution in [0.15, 0.2) is 81.8 Å². The van der Waals surface area contributed by atoms with E-state index in [-0.39, 0.29) is 17.2 Å². The van der Waals surface area contributed by atoms with Crippen LogP contribution in [-0.2, 0) is 4.79 Å². The van der Waals surface area contributed by atoms with Gasteiger partial charge in [-0.05, 0) is 37.3 Å². The second-order valence-electron chi connectivity index (χ2n) is 6.79. The number of para-hydroxylation sites is 1. The molecular weight excluding hydrogens is 409 g/mol. The Morgan fingerprint density at radius 3 is 2.29 bits per heavy atom. The Morgan fingerprint density at radius 1 is 1.00 bits per heavy atom. The topological polar surface area (TPSA) is 62.9 Å². The molecule has 4 rings (SSSR count). The van der Waals surface area contributed by atoms with E-state index < -0.39 is 23.4 Å². The highest BCUT2D eigenvalue weighted by Gasteiger charge is 2.47. The number of alkyl halides is 3. The number of amides is 1. The minimum absolute atomic E-state index is 0.0702. The summed E-state index contributed by atoms with van der Waals surface area (Å²) in [5, 5.41) is 4.23. The lowest BCUT2D eigenvalue weighted by molar-refractivity contribution is -0.114. The van der Waals surface area contributed by atoms with Gasteiger partial charge in [0.25, 0.3) is 5.91 Å². The summed E-state index contributed by atoms with van der Waals surface area (Å²) in [6, 6.07) is 17.5. The summed E-state index contributed by atoms with van der Waals surface area (Å²) in [6.45, 7) is 1.45. The van der Waals surface area contributed by atoms with Gasteiger partial charge >= 0.3 is 6.18 Å². The zero-order chi connectivity index (χ0) is 22.2. The fourth-order valence-electron chi connectivity index (χ4n) is 3.10. The summed E-state index contributed by atoms with van der Waals surface area (Å²) in [5.41, 5.74) is -0.498. The Bertz CT molecular complexity index is 1210. The van der Waals surface area contributed by atoms with Crippen molar-refractivity contribution in [2.45, 2.75) is 13.1 Å². The monoisotopic (exact) mass is 424 g/mol. The fraction of sp³-hybridized carbons (Fsp3) is 0.0870. The van der Waals surface area contributed by atoms with Crippen molar-refractivity contribution in [3.05, 3.63) is 83.6 Å². The number of hydrazone groups is 1. The molecular formula is C23H15F3N2O3. The Hall–Kier alpha value is -3.94. The zero-order valence-corrected chi connectivity index (χ0v) is 16.2. The van der Waals surface area contributed by atoms with Crippen LogP contribution < -0.4 is 5.01 Å². The van der Waals surface area contributed by atoms with E-state index in [2.05, 4.69) is 5.10 Å². The molecule has 0 atom stereocenters. The summed E-state index contributed by atoms with van der Waals surface area (Å²) >= 11 is 0. The number of rotatable bonds is 4. The lowest BCUT2D eigenvalue weighted by Crippen LogP contribution is -2.25. The van der Waals surface area contributed by atoms with E-state index in [0.717, 1.165) is 11.1 Å². The van der Waals surface area contributed by atoms with Crippen molar-refractivity contribution in [3.63, 3.8) is 0 Å². The number of furan rings is 1. The van der Waals surface area contributed by atoms with Crippen LogP contribution in [0.5, 0.6) is 0 Å². The molecule has 2 aromatic carbocycles. The molecule has 1 aliphatic rings. The van der Waals surface area contributed by atoms with Crippen LogP contribution in [0.4, 0.5) is 18.9 Å². The van der Waals surface area contributed by atoms with E-state index in [1.54, 1.807) is 48.5 Å². The maximum atomic E-state index is 13.5. The van der Waals surface area contributed by atoms with Gasteiger partial charge in [0.2, 0.25) is 0 Å². The lowest BCUT2D eigenvalue weighted by atomic mass is 10.1. The molecule has 2 heterocycles. The largest absolute Gasteiger partial charge is 0.457 e. The first kappa shape index (κ1) is 20.3. The minimum Gasteiger partial charge on any atom is -0.457 e. The average Bonchev–Trinajstić information content (AvgIpc) is 3.34. The van der Waals surface area contributed by atoms with Crippen LogP contribution in [-0.4, -0.2) is 23.6 Å². The third-order valence-electron chi connectivity index (χ3n) is 4.64. The maximum absolute atomic E-state index is 13.5. The molecule has 31 heavy (non-hydrogen) atoms. The predicted molar refractivity (Wildman–Crippen MR) is 110 cm³/mol. The summed E-state index contributed by atoms with van der Waals surface area (Å²) in [6.07, 6.45) is -3.78. The average molecular weight is 424 g/mol. The number of benzene rings is 2. The van der Waals surface area contributed by atoms with Gasteiger partial charge in [0.05, 0.1) is 11.3 Å². The molecule has 5 nitrogen and oxygen atoms in total. The summed E-state index contributed by atoms with van der Waals surface area (Å²) < 4.78 is 46.2. The van der Waals surface area contributed by atoms with Crippen molar-refractivity contribution in [1.29, 1.82) is 0 Å². The Morgan fingerprint density at radius 2 is 1.68 bits per heavy atom. The second kappa shape index (κ2) is 7.71. The van der Waals surface area contributed by atoms with Crippen LogP contribution in [0, 0.1) is 0 Å². The van der Waals surface area contributed by atoms with Crippen LogP contribution in [0.25, 0.3) is 17.4 Å². The minimum atomic E-state index is -4.82. The predicted octanol–water partition coefficient (Wildman–Crippen LogP) is 5.50. The van der Waals surface area contributed by atoms with Crippen LogP contribution in [0.3, 0.4) is 0 Å². The van der Waals surface area contributed by atoms with Crippen molar-refractivity contribution in [3.8, 4) is 11.3 Å². The maximum Gasteiger partial charge on any atom is 0.435 e. The second-order valence-corrected chi connectivity index (χ2v) is 6.79. The molecule has 0 fully saturated rings. The molecule has 0 saturated carbocycles. The van der Waals surface area contributed by atoms with Gasteiger partial charge in [-0.2, -0.15) is 23.3 Å². The molecule has 0 radical (unpaired) electrons. The van der Waals surface area contributed by atoms with Crippen molar-refractivity contribution < 1.29 is 27.2 Å². The third-order valence-corrected chi connectivity index (χ3v) is 4.64. The Labute approximate surface area is 175 Å². The highest BCUT2D eigenvalue weighted by molar-refractivity contribution is 6.34. The fourth-order valence-corrected chi connectivity index (χ4v) is 3.10. The summed E-state index contributed by atoms with van der Waals surface area (Å²) in [5.74, 6) is -0.529. The molecule has 1 amide bonds. The van der Waals surface area contributed by atoms with E-state index >= 15 is 0 Å². The number of carbonyl (C=O) groups is 2. The molecule has 0 N–H and O–H groups in total. The van der Waals surface area contributed by atoms with Crippen LogP contribution in [0.2, 0.25) is 0 Å². The van der Waals surface area contributed by atoms with E-state index in [9.17, 15) is 22.8 Å². The molecule has 1 aliphatic heterocycles. The quantitative estimate of drug-likeness (QED) is 0.411. The molecule has 0 unspecified atom stereocenters. The number of carbonyl (C=O) groups excluding carboxylic acids is 2. The molecule has 0 spiro atoms. The SMILES string of the molecule is CC(=O)c1ccc(-c2ccc(/C=C3\C(=O)N(c4ccccc4)N=C3C(F)(F)F)o2)cc1. The van der Waals surface area contributed by atoms with Gasteiger partial charge < -0.3 is 4.42 Å². The molecule has 156 valence electrons. The summed E-state index contributed by atoms with van der Waals surface area (Å²) in [7, 11) is 0. The van der Waals surface area contributed by atoms with Gasteiger partial charge in [0.15, 0.2) is 11.5 Å². The molecule has 0 saturated heterocycles. The standard InChI is InChI=1S/C23H15F3N2O3/c1-14(29)15-7-9-16(10-8-15)20-12-11-18(31-20)13-19-21(23(24,25)26)27-28(22(19)30)17-5-3-2-4-6-17/h2-13H,1H3/b19-13-. The number of nitrogens with zero attached hydrogens (tertiary/aromatic N) is 2. The normalized spacial score (nSPS) is 15.5. The number of anilines is 1. The first-order valence-corrected chi connectivity index (χ1v) is 9.22.